The summed E-state index contributed by atoms with van der Waals surface area (Å²) in [5.41, 5.74) is 0. The van der Waals surface area contributed by atoms with Gasteiger partial charge in [0.2, 0.25) is 0 Å². The van der Waals surface area contributed by atoms with Gasteiger partial charge in [0.25, 0.3) is 0 Å². The van der Waals surface area contributed by atoms with Crippen LogP contribution >= 0.6 is 0 Å². The van der Waals surface area contributed by atoms with Crippen LogP contribution in [-0.4, -0.2) is 36.1 Å². The highest BCUT2D eigenvalue weighted by molar-refractivity contribution is 4.93. The van der Waals surface area contributed by atoms with Crippen molar-refractivity contribution >= 4 is 0 Å². The molecule has 0 amide bonds. The van der Waals surface area contributed by atoms with Crippen LogP contribution < -0.4 is 5.32 Å². The molecule has 16 heavy (non-hydrogen) atoms. The van der Waals surface area contributed by atoms with Crippen LogP contribution in [0.25, 0.3) is 0 Å². The lowest BCUT2D eigenvalue weighted by Gasteiger charge is -2.30. The Kier molecular flexibility index (Phi) is 3.21. The maximum absolute atomic E-state index is 3.92. The smallest absolute Gasteiger partial charge is 0.0209 e. The fourth-order valence-electron chi connectivity index (χ4n) is 3.61. The van der Waals surface area contributed by atoms with E-state index in [0.717, 1.165) is 24.0 Å². The molecule has 2 aliphatic carbocycles. The monoisotopic (exact) mass is 222 g/mol. The van der Waals surface area contributed by atoms with E-state index in [9.17, 15) is 0 Å². The summed E-state index contributed by atoms with van der Waals surface area (Å²) >= 11 is 0. The van der Waals surface area contributed by atoms with Crippen LogP contribution in [0.2, 0.25) is 0 Å². The van der Waals surface area contributed by atoms with Crippen molar-refractivity contribution in [3.8, 4) is 0 Å². The van der Waals surface area contributed by atoms with Gasteiger partial charge in [-0.25, -0.2) is 0 Å². The Morgan fingerprint density at radius 3 is 2.62 bits per heavy atom. The molecule has 2 heteroatoms. The lowest BCUT2D eigenvalue weighted by atomic mass is 9.87. The van der Waals surface area contributed by atoms with Gasteiger partial charge in [0.15, 0.2) is 0 Å². The van der Waals surface area contributed by atoms with E-state index in [4.69, 9.17) is 0 Å². The number of hydrogen-bond donors (Lipinski definition) is 1. The third-order valence-electron chi connectivity index (χ3n) is 4.69. The fourth-order valence-corrected chi connectivity index (χ4v) is 3.61. The van der Waals surface area contributed by atoms with E-state index in [2.05, 4.69) is 17.1 Å². The molecule has 3 unspecified atom stereocenters. The fraction of sp³-hybridized carbons (Fsp3) is 1.00. The molecule has 2 nitrogen and oxygen atoms in total. The van der Waals surface area contributed by atoms with E-state index in [-0.39, 0.29) is 0 Å². The first-order valence-corrected chi connectivity index (χ1v) is 7.31. The van der Waals surface area contributed by atoms with E-state index in [1.165, 1.54) is 58.0 Å². The zero-order valence-electron chi connectivity index (χ0n) is 10.6. The van der Waals surface area contributed by atoms with Gasteiger partial charge in [-0.1, -0.05) is 19.8 Å². The van der Waals surface area contributed by atoms with Crippen molar-refractivity contribution in [2.24, 2.45) is 5.92 Å². The molecule has 3 fully saturated rings. The number of likely N-dealkylation sites (tertiary alicyclic amines) is 1. The number of nitrogens with zero attached hydrogens (tertiary/aromatic N) is 1. The third kappa shape index (κ3) is 2.60. The molecular weight excluding hydrogens is 196 g/mol. The second-order valence-electron chi connectivity index (χ2n) is 6.35. The SMILES string of the molecule is CC1CCCC(NC2CCN(C3CC3)C2)C1. The summed E-state index contributed by atoms with van der Waals surface area (Å²) < 4.78 is 0. The van der Waals surface area contributed by atoms with Gasteiger partial charge in [0.05, 0.1) is 0 Å². The highest BCUT2D eigenvalue weighted by Crippen LogP contribution is 2.30. The molecule has 92 valence electrons. The van der Waals surface area contributed by atoms with Crippen molar-refractivity contribution in [3.05, 3.63) is 0 Å². The Balaban J connectivity index is 1.44. The number of hydrogen-bond acceptors (Lipinski definition) is 2. The molecule has 2 saturated carbocycles. The van der Waals surface area contributed by atoms with E-state index in [0.29, 0.717) is 0 Å². The minimum atomic E-state index is 0.802. The van der Waals surface area contributed by atoms with Gasteiger partial charge in [-0.3, -0.25) is 4.90 Å². The lowest BCUT2D eigenvalue weighted by Crippen LogP contribution is -2.42. The summed E-state index contributed by atoms with van der Waals surface area (Å²) in [5.74, 6) is 0.951. The van der Waals surface area contributed by atoms with Crippen LogP contribution in [-0.2, 0) is 0 Å². The van der Waals surface area contributed by atoms with Gasteiger partial charge >= 0.3 is 0 Å². The Labute approximate surface area is 99.8 Å². The third-order valence-corrected chi connectivity index (χ3v) is 4.69. The minimum absolute atomic E-state index is 0.802. The van der Waals surface area contributed by atoms with Crippen LogP contribution in [0.4, 0.5) is 0 Å². The first-order chi connectivity index (χ1) is 7.81. The normalized spacial score (nSPS) is 41.4. The van der Waals surface area contributed by atoms with Gasteiger partial charge < -0.3 is 5.32 Å². The molecule has 0 spiro atoms. The van der Waals surface area contributed by atoms with Crippen LogP contribution in [0, 0.1) is 5.92 Å². The molecule has 1 heterocycles. The van der Waals surface area contributed by atoms with Crippen LogP contribution in [0.3, 0.4) is 0 Å². The largest absolute Gasteiger partial charge is 0.310 e. The quantitative estimate of drug-likeness (QED) is 0.789. The van der Waals surface area contributed by atoms with Crippen LogP contribution in [0.15, 0.2) is 0 Å². The lowest BCUT2D eigenvalue weighted by molar-refractivity contribution is 0.268. The molecule has 1 N–H and O–H groups in total. The molecule has 0 radical (unpaired) electrons. The topological polar surface area (TPSA) is 15.3 Å². The molecule has 0 aromatic carbocycles. The maximum atomic E-state index is 3.92. The van der Waals surface area contributed by atoms with Crippen molar-refractivity contribution in [2.75, 3.05) is 13.1 Å². The summed E-state index contributed by atoms with van der Waals surface area (Å²) in [4.78, 5) is 2.71. The van der Waals surface area contributed by atoms with E-state index in [1.54, 1.807) is 0 Å². The Bertz CT molecular complexity index is 237. The predicted octanol–water partition coefficient (Wildman–Crippen LogP) is 2.39. The Morgan fingerprint density at radius 1 is 1.00 bits per heavy atom. The van der Waals surface area contributed by atoms with Gasteiger partial charge in [0, 0.05) is 31.2 Å². The number of rotatable bonds is 3. The van der Waals surface area contributed by atoms with Crippen LogP contribution in [0.5, 0.6) is 0 Å². The average Bonchev–Trinajstić information content (AvgIpc) is 3.01. The second-order valence-corrected chi connectivity index (χ2v) is 6.35. The van der Waals surface area contributed by atoms with Gasteiger partial charge in [-0.2, -0.15) is 0 Å². The van der Waals surface area contributed by atoms with Gasteiger partial charge in [-0.05, 0) is 38.0 Å². The van der Waals surface area contributed by atoms with Crippen LogP contribution in [0.1, 0.15) is 51.9 Å². The predicted molar refractivity (Wildman–Crippen MR) is 67.6 cm³/mol. The first-order valence-electron chi connectivity index (χ1n) is 7.31. The van der Waals surface area contributed by atoms with Crippen molar-refractivity contribution < 1.29 is 0 Å². The highest BCUT2D eigenvalue weighted by atomic mass is 15.2. The molecule has 3 aliphatic rings. The van der Waals surface area contributed by atoms with E-state index < -0.39 is 0 Å². The Hall–Kier alpha value is -0.0800. The average molecular weight is 222 g/mol. The maximum Gasteiger partial charge on any atom is 0.0209 e. The molecule has 0 aromatic rings. The van der Waals surface area contributed by atoms with Gasteiger partial charge in [-0.15, -0.1) is 0 Å². The Morgan fingerprint density at radius 2 is 1.88 bits per heavy atom. The summed E-state index contributed by atoms with van der Waals surface area (Å²) in [6.07, 6.45) is 10.1. The summed E-state index contributed by atoms with van der Waals surface area (Å²) in [6, 6.07) is 2.60. The molecule has 0 aromatic heterocycles. The zero-order valence-corrected chi connectivity index (χ0v) is 10.6. The molecule has 0 bridgehead atoms. The summed E-state index contributed by atoms with van der Waals surface area (Å²) in [7, 11) is 0. The summed E-state index contributed by atoms with van der Waals surface area (Å²) in [6.45, 7) is 5.10. The van der Waals surface area contributed by atoms with Crippen molar-refractivity contribution in [2.45, 2.75) is 70.0 Å². The second kappa shape index (κ2) is 4.66. The van der Waals surface area contributed by atoms with E-state index in [1.807, 2.05) is 0 Å². The highest BCUT2D eigenvalue weighted by Gasteiger charge is 2.35. The van der Waals surface area contributed by atoms with Gasteiger partial charge in [0.1, 0.15) is 0 Å². The minimum Gasteiger partial charge on any atom is -0.310 e. The number of nitrogens with one attached hydrogen (secondary N) is 1. The molecule has 1 saturated heterocycles. The molecule has 3 rings (SSSR count). The van der Waals surface area contributed by atoms with Crippen molar-refractivity contribution in [1.82, 2.24) is 10.2 Å². The molecule has 1 aliphatic heterocycles. The van der Waals surface area contributed by atoms with E-state index >= 15 is 0 Å². The first kappa shape index (κ1) is 11.0. The summed E-state index contributed by atoms with van der Waals surface area (Å²) in [5, 5.41) is 3.92. The zero-order chi connectivity index (χ0) is 11.0. The van der Waals surface area contributed by atoms with Crippen molar-refractivity contribution in [3.63, 3.8) is 0 Å². The standard InChI is InChI=1S/C14H26N2/c1-11-3-2-4-12(9-11)15-13-7-8-16(10-13)14-5-6-14/h11-15H,2-10H2,1H3. The molecular formula is C14H26N2. The van der Waals surface area contributed by atoms with Crippen molar-refractivity contribution in [1.29, 1.82) is 0 Å². The molecule has 3 atom stereocenters.